The quantitative estimate of drug-likeness (QED) is 0.244. The first-order valence-corrected chi connectivity index (χ1v) is 12.6. The van der Waals surface area contributed by atoms with Crippen LogP contribution in [0, 0.1) is 0 Å². The highest BCUT2D eigenvalue weighted by atomic mass is 15.4. The molecule has 2 nitrogen and oxygen atoms in total. The molecule has 0 aromatic heterocycles. The molecular formula is C27H46N2. The molecule has 0 fully saturated rings. The number of unbranched alkanes of at least 4 members (excludes halogenated alkanes) is 12. The SMILES string of the molecule is CCCCCCCCCCCN1C=CN(CCCCCCC)C1c1ccccc1. The maximum absolute atomic E-state index is 2.57. The van der Waals surface area contributed by atoms with E-state index in [0.29, 0.717) is 6.17 Å². The summed E-state index contributed by atoms with van der Waals surface area (Å²) >= 11 is 0. The van der Waals surface area contributed by atoms with Crippen molar-refractivity contribution in [3.8, 4) is 0 Å². The minimum Gasteiger partial charge on any atom is -0.352 e. The second kappa shape index (κ2) is 15.4. The Hall–Kier alpha value is -1.44. The number of benzene rings is 1. The zero-order valence-corrected chi connectivity index (χ0v) is 19.3. The molecule has 0 bridgehead atoms. The van der Waals surface area contributed by atoms with Crippen LogP contribution >= 0.6 is 0 Å². The third-order valence-electron chi connectivity index (χ3n) is 6.22. The maximum Gasteiger partial charge on any atom is 0.127 e. The summed E-state index contributed by atoms with van der Waals surface area (Å²) < 4.78 is 0. The van der Waals surface area contributed by atoms with Crippen molar-refractivity contribution in [1.82, 2.24) is 9.80 Å². The van der Waals surface area contributed by atoms with Gasteiger partial charge in [-0.3, -0.25) is 0 Å². The van der Waals surface area contributed by atoms with Crippen molar-refractivity contribution in [2.75, 3.05) is 13.1 Å². The Labute approximate surface area is 181 Å². The maximum atomic E-state index is 2.57. The third-order valence-corrected chi connectivity index (χ3v) is 6.22. The van der Waals surface area contributed by atoms with E-state index < -0.39 is 0 Å². The summed E-state index contributed by atoms with van der Waals surface area (Å²) in [6, 6.07) is 11.1. The minimum absolute atomic E-state index is 0.399. The number of hydrogen-bond donors (Lipinski definition) is 0. The molecule has 2 rings (SSSR count). The summed E-state index contributed by atoms with van der Waals surface area (Å²) in [5.74, 6) is 0. The number of hydrogen-bond acceptors (Lipinski definition) is 2. The molecule has 1 aliphatic heterocycles. The third kappa shape index (κ3) is 9.28. The fourth-order valence-electron chi connectivity index (χ4n) is 4.43. The van der Waals surface area contributed by atoms with Crippen molar-refractivity contribution >= 4 is 0 Å². The van der Waals surface area contributed by atoms with Crippen molar-refractivity contribution in [1.29, 1.82) is 0 Å². The van der Waals surface area contributed by atoms with Crippen molar-refractivity contribution in [3.05, 3.63) is 48.3 Å². The molecule has 0 amide bonds. The Bertz CT molecular complexity index is 525. The predicted molar refractivity (Wildman–Crippen MR) is 128 cm³/mol. The summed E-state index contributed by atoms with van der Waals surface area (Å²) in [7, 11) is 0. The largest absolute Gasteiger partial charge is 0.352 e. The van der Waals surface area contributed by atoms with Crippen molar-refractivity contribution in [3.63, 3.8) is 0 Å². The Balaban J connectivity index is 1.72. The second-order valence-electron chi connectivity index (χ2n) is 8.80. The van der Waals surface area contributed by atoms with Gasteiger partial charge < -0.3 is 9.80 Å². The van der Waals surface area contributed by atoms with E-state index in [-0.39, 0.29) is 0 Å². The normalized spacial score (nSPS) is 16.1. The van der Waals surface area contributed by atoms with Gasteiger partial charge in [-0.05, 0) is 18.4 Å². The highest BCUT2D eigenvalue weighted by Crippen LogP contribution is 2.31. The van der Waals surface area contributed by atoms with Crippen molar-refractivity contribution < 1.29 is 0 Å². The molecule has 0 spiro atoms. The molecule has 0 saturated heterocycles. The lowest BCUT2D eigenvalue weighted by molar-refractivity contribution is 0.150. The molecule has 29 heavy (non-hydrogen) atoms. The highest BCUT2D eigenvalue weighted by molar-refractivity contribution is 5.21. The van der Waals surface area contributed by atoms with Crippen LogP contribution in [0.25, 0.3) is 0 Å². The van der Waals surface area contributed by atoms with E-state index in [1.165, 1.54) is 109 Å². The van der Waals surface area contributed by atoms with Crippen LogP contribution < -0.4 is 0 Å². The minimum atomic E-state index is 0.399. The van der Waals surface area contributed by atoms with E-state index in [0.717, 1.165) is 0 Å². The second-order valence-corrected chi connectivity index (χ2v) is 8.80. The van der Waals surface area contributed by atoms with Crippen LogP contribution in [-0.4, -0.2) is 22.9 Å². The lowest BCUT2D eigenvalue weighted by Crippen LogP contribution is -2.32. The zero-order valence-electron chi connectivity index (χ0n) is 19.3. The van der Waals surface area contributed by atoms with E-state index in [1.54, 1.807) is 0 Å². The Kier molecular flexibility index (Phi) is 12.7. The average Bonchev–Trinajstić information content (AvgIpc) is 3.15. The lowest BCUT2D eigenvalue weighted by Gasteiger charge is -2.33. The molecule has 0 radical (unpaired) electrons. The summed E-state index contributed by atoms with van der Waals surface area (Å²) in [5, 5.41) is 0. The van der Waals surface area contributed by atoms with Gasteiger partial charge in [0, 0.05) is 25.5 Å². The van der Waals surface area contributed by atoms with E-state index in [4.69, 9.17) is 0 Å². The summed E-state index contributed by atoms with van der Waals surface area (Å²) in [6.45, 7) is 6.94. The zero-order chi connectivity index (χ0) is 20.6. The molecular weight excluding hydrogens is 352 g/mol. The van der Waals surface area contributed by atoms with Gasteiger partial charge in [0.1, 0.15) is 6.17 Å². The van der Waals surface area contributed by atoms with Gasteiger partial charge >= 0.3 is 0 Å². The van der Waals surface area contributed by atoms with Crippen molar-refractivity contribution in [2.45, 2.75) is 110 Å². The fourth-order valence-corrected chi connectivity index (χ4v) is 4.43. The van der Waals surface area contributed by atoms with E-state index in [9.17, 15) is 0 Å². The van der Waals surface area contributed by atoms with Crippen LogP contribution in [0.5, 0.6) is 0 Å². The van der Waals surface area contributed by atoms with Crippen LogP contribution in [0.2, 0.25) is 0 Å². The Morgan fingerprint density at radius 2 is 0.966 bits per heavy atom. The molecule has 1 aromatic carbocycles. The van der Waals surface area contributed by atoms with Gasteiger partial charge in [0.15, 0.2) is 0 Å². The molecule has 1 unspecified atom stereocenters. The van der Waals surface area contributed by atoms with E-state index >= 15 is 0 Å². The van der Waals surface area contributed by atoms with Crippen LogP contribution in [-0.2, 0) is 0 Å². The van der Waals surface area contributed by atoms with E-state index in [2.05, 4.69) is 66.4 Å². The average molecular weight is 399 g/mol. The molecule has 0 aliphatic carbocycles. The standard InChI is InChI=1S/C27H46N2/c1-3-5-7-9-10-11-12-14-19-23-29-25-24-28(22-18-13-8-6-4-2)27(29)26-20-16-15-17-21-26/h15-17,20-21,24-25,27H,3-14,18-19,22-23H2,1-2H3. The van der Waals surface area contributed by atoms with Gasteiger partial charge in [-0.15, -0.1) is 0 Å². The smallest absolute Gasteiger partial charge is 0.127 e. The number of nitrogens with zero attached hydrogens (tertiary/aromatic N) is 2. The lowest BCUT2D eigenvalue weighted by atomic mass is 10.1. The van der Waals surface area contributed by atoms with Crippen molar-refractivity contribution in [2.24, 2.45) is 0 Å². The first-order valence-electron chi connectivity index (χ1n) is 12.6. The van der Waals surface area contributed by atoms with Gasteiger partial charge in [0.05, 0.1) is 0 Å². The predicted octanol–water partition coefficient (Wildman–Crippen LogP) is 8.28. The Morgan fingerprint density at radius 3 is 1.41 bits per heavy atom. The van der Waals surface area contributed by atoms with Gasteiger partial charge in [0.2, 0.25) is 0 Å². The molecule has 1 aliphatic rings. The topological polar surface area (TPSA) is 6.48 Å². The van der Waals surface area contributed by atoms with Crippen LogP contribution in [0.3, 0.4) is 0 Å². The first kappa shape index (κ1) is 23.8. The molecule has 1 atom stereocenters. The molecule has 164 valence electrons. The first-order chi connectivity index (χ1) is 14.4. The van der Waals surface area contributed by atoms with Gasteiger partial charge in [-0.2, -0.15) is 0 Å². The number of rotatable bonds is 17. The summed E-state index contributed by atoms with van der Waals surface area (Å²) in [6.07, 6.45) is 24.4. The van der Waals surface area contributed by atoms with E-state index in [1.807, 2.05) is 0 Å². The molecule has 0 N–H and O–H groups in total. The van der Waals surface area contributed by atoms with Gasteiger partial charge in [-0.25, -0.2) is 0 Å². The molecule has 0 saturated carbocycles. The molecule has 1 aromatic rings. The summed E-state index contributed by atoms with van der Waals surface area (Å²) in [5.41, 5.74) is 1.43. The fraction of sp³-hybridized carbons (Fsp3) is 0.704. The van der Waals surface area contributed by atoms with Crippen LogP contribution in [0.15, 0.2) is 42.7 Å². The van der Waals surface area contributed by atoms with Crippen LogP contribution in [0.1, 0.15) is 115 Å². The monoisotopic (exact) mass is 398 g/mol. The van der Waals surface area contributed by atoms with Gasteiger partial charge in [-0.1, -0.05) is 121 Å². The molecule has 1 heterocycles. The molecule has 2 heteroatoms. The van der Waals surface area contributed by atoms with Crippen LogP contribution in [0.4, 0.5) is 0 Å². The summed E-state index contributed by atoms with van der Waals surface area (Å²) in [4.78, 5) is 5.14. The Morgan fingerprint density at radius 1 is 0.552 bits per heavy atom. The highest BCUT2D eigenvalue weighted by Gasteiger charge is 2.26. The van der Waals surface area contributed by atoms with Gasteiger partial charge in [0.25, 0.3) is 0 Å².